The van der Waals surface area contributed by atoms with Crippen LogP contribution in [0.15, 0.2) is 12.4 Å². The van der Waals surface area contributed by atoms with Gasteiger partial charge in [0.1, 0.15) is 5.75 Å². The van der Waals surface area contributed by atoms with Crippen LogP contribution in [0.5, 0.6) is 5.75 Å². The lowest BCUT2D eigenvalue weighted by atomic mass is 10.1. The minimum Gasteiger partial charge on any atom is -0.506 e. The van der Waals surface area contributed by atoms with E-state index in [1.807, 2.05) is 0 Å². The van der Waals surface area contributed by atoms with E-state index in [1.54, 1.807) is 0 Å². The summed E-state index contributed by atoms with van der Waals surface area (Å²) in [4.78, 5) is 3.77. The highest BCUT2D eigenvalue weighted by Crippen LogP contribution is 2.49. The van der Waals surface area contributed by atoms with E-state index in [0.29, 0.717) is 17.5 Å². The molecule has 1 aliphatic heterocycles. The number of ether oxygens (including phenoxy) is 2. The smallest absolute Gasteiger partial charge is 0.417 e. The summed E-state index contributed by atoms with van der Waals surface area (Å²) < 4.78 is 48.0. The summed E-state index contributed by atoms with van der Waals surface area (Å²) in [5, 5.41) is 9.60. The molecule has 0 radical (unpaired) electrons. The maximum Gasteiger partial charge on any atom is 0.417 e. The van der Waals surface area contributed by atoms with Crippen molar-refractivity contribution in [2.75, 3.05) is 6.61 Å². The van der Waals surface area contributed by atoms with E-state index in [-0.39, 0.29) is 12.2 Å². The average molecular weight is 261 g/mol. The van der Waals surface area contributed by atoms with Gasteiger partial charge in [0.25, 0.3) is 0 Å². The Kier molecular flexibility index (Phi) is 2.33. The van der Waals surface area contributed by atoms with Gasteiger partial charge in [-0.1, -0.05) is 0 Å². The van der Waals surface area contributed by atoms with Gasteiger partial charge in [-0.05, 0) is 6.42 Å². The highest BCUT2D eigenvalue weighted by Gasteiger charge is 2.56. The molecule has 98 valence electrons. The Morgan fingerprint density at radius 3 is 2.83 bits per heavy atom. The van der Waals surface area contributed by atoms with Crippen molar-refractivity contribution in [3.8, 4) is 5.75 Å². The molecule has 1 spiro atoms. The van der Waals surface area contributed by atoms with Crippen LogP contribution in [0.25, 0.3) is 0 Å². The molecule has 2 aliphatic rings. The summed E-state index contributed by atoms with van der Waals surface area (Å²) >= 11 is 0. The Bertz CT molecular complexity index is 491. The molecule has 18 heavy (non-hydrogen) atoms. The average Bonchev–Trinajstić information content (AvgIpc) is 2.86. The van der Waals surface area contributed by atoms with Crippen molar-refractivity contribution in [3.05, 3.63) is 23.5 Å². The van der Waals surface area contributed by atoms with E-state index in [1.165, 1.54) is 12.4 Å². The molecule has 0 amide bonds. The third-order valence-corrected chi connectivity index (χ3v) is 3.31. The molecular weight excluding hydrogens is 251 g/mol. The minimum absolute atomic E-state index is 0.0352. The Hall–Kier alpha value is -1.34. The van der Waals surface area contributed by atoms with Crippen LogP contribution in [0.2, 0.25) is 0 Å². The minimum atomic E-state index is -4.45. The number of hydrogen-bond acceptors (Lipinski definition) is 4. The van der Waals surface area contributed by atoms with Gasteiger partial charge in [-0.2, -0.15) is 13.2 Å². The van der Waals surface area contributed by atoms with Crippen LogP contribution in [0.1, 0.15) is 17.5 Å². The first-order valence-corrected chi connectivity index (χ1v) is 5.47. The highest BCUT2D eigenvalue weighted by molar-refractivity contribution is 5.42. The van der Waals surface area contributed by atoms with Gasteiger partial charge in [-0.25, -0.2) is 0 Å². The molecule has 1 N–H and O–H groups in total. The first-order chi connectivity index (χ1) is 8.42. The second kappa shape index (κ2) is 3.58. The van der Waals surface area contributed by atoms with Crippen LogP contribution < -0.4 is 0 Å². The monoisotopic (exact) mass is 261 g/mol. The van der Waals surface area contributed by atoms with Crippen LogP contribution in [0.3, 0.4) is 0 Å². The van der Waals surface area contributed by atoms with E-state index in [9.17, 15) is 18.3 Å². The zero-order valence-corrected chi connectivity index (χ0v) is 9.20. The second-order valence-electron chi connectivity index (χ2n) is 4.40. The molecule has 2 unspecified atom stereocenters. The number of halogens is 3. The molecule has 4 nitrogen and oxygen atoms in total. The predicted octanol–water partition coefficient (Wildman–Crippen LogP) is 1.86. The van der Waals surface area contributed by atoms with Crippen molar-refractivity contribution in [2.24, 2.45) is 0 Å². The predicted molar refractivity (Wildman–Crippen MR) is 52.8 cm³/mol. The fourth-order valence-electron chi connectivity index (χ4n) is 2.43. The van der Waals surface area contributed by atoms with Crippen molar-refractivity contribution in [1.82, 2.24) is 4.98 Å². The zero-order chi connectivity index (χ0) is 13.0. The highest BCUT2D eigenvalue weighted by atomic mass is 19.4. The quantitative estimate of drug-likeness (QED) is 0.774. The summed E-state index contributed by atoms with van der Waals surface area (Å²) in [6, 6.07) is 0. The van der Waals surface area contributed by atoms with E-state index >= 15 is 0 Å². The van der Waals surface area contributed by atoms with E-state index in [0.717, 1.165) is 0 Å². The van der Waals surface area contributed by atoms with Gasteiger partial charge < -0.3 is 14.6 Å². The van der Waals surface area contributed by atoms with Crippen LogP contribution >= 0.6 is 0 Å². The van der Waals surface area contributed by atoms with Crippen molar-refractivity contribution >= 4 is 0 Å². The van der Waals surface area contributed by atoms with Crippen molar-refractivity contribution in [1.29, 1.82) is 0 Å². The molecule has 1 aromatic heterocycles. The third kappa shape index (κ3) is 1.58. The molecule has 2 atom stereocenters. The number of fused-ring (bicyclic) bond motifs is 2. The summed E-state index contributed by atoms with van der Waals surface area (Å²) in [5.41, 5.74) is 0.946. The van der Waals surface area contributed by atoms with E-state index in [4.69, 9.17) is 9.47 Å². The molecule has 7 heteroatoms. The lowest BCUT2D eigenvalue weighted by Gasteiger charge is -2.24. The fourth-order valence-corrected chi connectivity index (χ4v) is 2.43. The van der Waals surface area contributed by atoms with Crippen molar-refractivity contribution < 1.29 is 27.8 Å². The zero-order valence-electron chi connectivity index (χ0n) is 9.20. The van der Waals surface area contributed by atoms with Crippen molar-refractivity contribution in [3.63, 3.8) is 0 Å². The second-order valence-corrected chi connectivity index (χ2v) is 4.40. The lowest BCUT2D eigenvalue weighted by molar-refractivity contribution is -0.246. The number of aromatic nitrogens is 1. The van der Waals surface area contributed by atoms with Crippen molar-refractivity contribution in [2.45, 2.75) is 30.9 Å². The molecule has 1 aliphatic carbocycles. The third-order valence-electron chi connectivity index (χ3n) is 3.31. The molecule has 1 saturated heterocycles. The van der Waals surface area contributed by atoms with Gasteiger partial charge in [0.2, 0.25) is 0 Å². The molecular formula is C11H10F3NO3. The maximum absolute atomic E-state index is 12.6. The number of alkyl halides is 3. The molecule has 1 fully saturated rings. The summed E-state index contributed by atoms with van der Waals surface area (Å²) in [5.74, 6) is -1.44. The first kappa shape index (κ1) is 11.7. The summed E-state index contributed by atoms with van der Waals surface area (Å²) in [6.07, 6.45) is -3.06. The first-order valence-electron chi connectivity index (χ1n) is 5.47. The normalized spacial score (nSPS) is 30.9. The van der Waals surface area contributed by atoms with Crippen LogP contribution in [0.4, 0.5) is 13.2 Å². The van der Waals surface area contributed by atoms with Gasteiger partial charge in [-0.3, -0.25) is 4.98 Å². The van der Waals surface area contributed by atoms with E-state index < -0.39 is 24.7 Å². The largest absolute Gasteiger partial charge is 0.506 e. The number of rotatable bonds is 0. The summed E-state index contributed by atoms with van der Waals surface area (Å²) in [6.45, 7) is -0.529. The number of hydrogen-bond donors (Lipinski definition) is 1. The molecule has 1 aromatic rings. The molecule has 0 bridgehead atoms. The summed E-state index contributed by atoms with van der Waals surface area (Å²) in [7, 11) is 0. The standard InChI is InChI=1S/C11H10F3NO3/c12-11(13,14)9-5-17-10(18-9)2-1-6-7(10)3-15-4-8(6)16/h3-4,9,16H,1-2,5H2. The topological polar surface area (TPSA) is 51.6 Å². The van der Waals surface area contributed by atoms with Gasteiger partial charge in [0, 0.05) is 23.7 Å². The lowest BCUT2D eigenvalue weighted by Crippen LogP contribution is -2.33. The molecule has 3 rings (SSSR count). The van der Waals surface area contributed by atoms with E-state index in [2.05, 4.69) is 4.98 Å². The van der Waals surface area contributed by atoms with Crippen LogP contribution in [0, 0.1) is 0 Å². The van der Waals surface area contributed by atoms with Gasteiger partial charge in [0.05, 0.1) is 12.8 Å². The maximum atomic E-state index is 12.6. The van der Waals surface area contributed by atoms with Crippen LogP contribution in [-0.2, 0) is 21.7 Å². The number of pyridine rings is 1. The Balaban J connectivity index is 1.95. The fraction of sp³-hybridized carbons (Fsp3) is 0.545. The molecule has 0 saturated carbocycles. The Morgan fingerprint density at radius 2 is 2.17 bits per heavy atom. The van der Waals surface area contributed by atoms with Crippen LogP contribution in [-0.4, -0.2) is 29.0 Å². The SMILES string of the molecule is Oc1cncc2c1CCC21OCC(C(F)(F)F)O1. The Morgan fingerprint density at radius 1 is 1.39 bits per heavy atom. The Labute approximate surface area is 100 Å². The number of nitrogens with zero attached hydrogens (tertiary/aromatic N) is 1. The molecule has 0 aromatic carbocycles. The van der Waals surface area contributed by atoms with Gasteiger partial charge in [-0.15, -0.1) is 0 Å². The van der Waals surface area contributed by atoms with Gasteiger partial charge >= 0.3 is 6.18 Å². The molecule has 2 heterocycles. The van der Waals surface area contributed by atoms with Gasteiger partial charge in [0.15, 0.2) is 11.9 Å². The number of aromatic hydroxyl groups is 1.